The first-order chi connectivity index (χ1) is 19.8. The third-order valence-electron chi connectivity index (χ3n) is 7.45. The summed E-state index contributed by atoms with van der Waals surface area (Å²) in [6, 6.07) is 42.7. The van der Waals surface area contributed by atoms with Gasteiger partial charge in [-0.2, -0.15) is 0 Å². The molecule has 202 valence electrons. The maximum atomic E-state index is 16.3. The van der Waals surface area contributed by atoms with Crippen LogP contribution < -0.4 is 4.90 Å². The summed E-state index contributed by atoms with van der Waals surface area (Å²) in [5.74, 6) is -0.809. The highest BCUT2D eigenvalue weighted by molar-refractivity contribution is 5.99. The van der Waals surface area contributed by atoms with E-state index < -0.39 is 17.2 Å². The van der Waals surface area contributed by atoms with E-state index in [4.69, 9.17) is 0 Å². The fraction of sp³-hybridized carbons (Fsp3) is 0.105. The lowest BCUT2D eigenvalue weighted by Gasteiger charge is -2.40. The molecule has 0 bridgehead atoms. The van der Waals surface area contributed by atoms with Crippen molar-refractivity contribution in [2.45, 2.75) is 26.3 Å². The average molecular weight is 540 g/mol. The molecule has 0 aliphatic carbocycles. The van der Waals surface area contributed by atoms with E-state index in [2.05, 4.69) is 42.5 Å². The Labute approximate surface area is 240 Å². The van der Waals surface area contributed by atoms with Crippen LogP contribution in [0.25, 0.3) is 44.2 Å². The highest BCUT2D eigenvalue weighted by Crippen LogP contribution is 2.47. The summed E-state index contributed by atoms with van der Waals surface area (Å²) in [4.78, 5) is 1.80. The average Bonchev–Trinajstić information content (AvgIpc) is 2.98. The molecule has 0 saturated heterocycles. The first-order valence-corrected chi connectivity index (χ1v) is 13.8. The SMILES string of the molecule is CC(C)(C)N(c1ccccc1F)c1c(F)ccc(-c2ccccc2)c1-c1cccc(-c2cccc3ccccc23)c1. The summed E-state index contributed by atoms with van der Waals surface area (Å²) in [7, 11) is 0. The van der Waals surface area contributed by atoms with Gasteiger partial charge in [0.1, 0.15) is 11.6 Å². The summed E-state index contributed by atoms with van der Waals surface area (Å²) < 4.78 is 31.7. The van der Waals surface area contributed by atoms with Crippen LogP contribution in [0, 0.1) is 11.6 Å². The molecule has 6 rings (SSSR count). The van der Waals surface area contributed by atoms with E-state index >= 15 is 8.78 Å². The molecule has 0 amide bonds. The van der Waals surface area contributed by atoms with Gasteiger partial charge in [-0.3, -0.25) is 0 Å². The summed E-state index contributed by atoms with van der Waals surface area (Å²) in [5, 5.41) is 2.31. The van der Waals surface area contributed by atoms with Crippen molar-refractivity contribution >= 4 is 22.1 Å². The van der Waals surface area contributed by atoms with Crippen LogP contribution in [-0.4, -0.2) is 5.54 Å². The molecule has 0 N–H and O–H groups in total. The molecule has 41 heavy (non-hydrogen) atoms. The Bertz CT molecular complexity index is 1850. The number of benzene rings is 6. The van der Waals surface area contributed by atoms with Gasteiger partial charge in [0.15, 0.2) is 0 Å². The van der Waals surface area contributed by atoms with E-state index in [1.54, 1.807) is 23.1 Å². The van der Waals surface area contributed by atoms with Gasteiger partial charge in [-0.1, -0.05) is 109 Å². The van der Waals surface area contributed by atoms with E-state index in [9.17, 15) is 0 Å². The van der Waals surface area contributed by atoms with Crippen LogP contribution in [0.3, 0.4) is 0 Å². The largest absolute Gasteiger partial charge is 0.331 e. The molecule has 0 spiro atoms. The molecular weight excluding hydrogens is 508 g/mol. The Balaban J connectivity index is 1.67. The van der Waals surface area contributed by atoms with Gasteiger partial charge < -0.3 is 4.90 Å². The first-order valence-electron chi connectivity index (χ1n) is 13.8. The van der Waals surface area contributed by atoms with E-state index in [1.165, 1.54) is 12.1 Å². The number of rotatable bonds is 5. The third-order valence-corrected chi connectivity index (χ3v) is 7.45. The van der Waals surface area contributed by atoms with E-state index in [0.717, 1.165) is 44.2 Å². The van der Waals surface area contributed by atoms with Crippen molar-refractivity contribution in [2.24, 2.45) is 0 Å². The van der Waals surface area contributed by atoms with E-state index in [1.807, 2.05) is 81.4 Å². The molecular formula is C38H31F2N. The van der Waals surface area contributed by atoms with Gasteiger partial charge in [0.2, 0.25) is 0 Å². The van der Waals surface area contributed by atoms with Gasteiger partial charge in [-0.05, 0) is 83.6 Å². The van der Waals surface area contributed by atoms with Gasteiger partial charge in [0.25, 0.3) is 0 Å². The maximum absolute atomic E-state index is 16.3. The Kier molecular flexibility index (Phi) is 6.88. The fourth-order valence-electron chi connectivity index (χ4n) is 5.70. The van der Waals surface area contributed by atoms with Crippen molar-refractivity contribution in [3.63, 3.8) is 0 Å². The smallest absolute Gasteiger partial charge is 0.147 e. The second-order valence-electron chi connectivity index (χ2n) is 11.2. The Morgan fingerprint density at radius 3 is 1.93 bits per heavy atom. The molecule has 0 radical (unpaired) electrons. The van der Waals surface area contributed by atoms with Crippen molar-refractivity contribution in [3.05, 3.63) is 145 Å². The van der Waals surface area contributed by atoms with E-state index in [-0.39, 0.29) is 0 Å². The number of fused-ring (bicyclic) bond motifs is 1. The molecule has 0 atom stereocenters. The minimum Gasteiger partial charge on any atom is -0.331 e. The number of nitrogens with zero attached hydrogens (tertiary/aromatic N) is 1. The predicted octanol–water partition coefficient (Wildman–Crippen LogP) is 11.1. The summed E-state index contributed by atoms with van der Waals surface area (Å²) in [5.41, 5.74) is 5.58. The lowest BCUT2D eigenvalue weighted by Crippen LogP contribution is -2.39. The van der Waals surface area contributed by atoms with Crippen molar-refractivity contribution in [1.82, 2.24) is 0 Å². The van der Waals surface area contributed by atoms with Crippen LogP contribution in [0.1, 0.15) is 20.8 Å². The number of hydrogen-bond acceptors (Lipinski definition) is 1. The molecule has 0 aromatic heterocycles. The van der Waals surface area contributed by atoms with Gasteiger partial charge in [0, 0.05) is 11.1 Å². The lowest BCUT2D eigenvalue weighted by atomic mass is 9.88. The number of halogens is 2. The van der Waals surface area contributed by atoms with Crippen LogP contribution in [0.15, 0.2) is 133 Å². The Hall–Kier alpha value is -4.76. The topological polar surface area (TPSA) is 3.24 Å². The Morgan fingerprint density at radius 2 is 1.15 bits per heavy atom. The highest BCUT2D eigenvalue weighted by atomic mass is 19.1. The van der Waals surface area contributed by atoms with Gasteiger partial charge in [0.05, 0.1) is 11.4 Å². The zero-order valence-electron chi connectivity index (χ0n) is 23.4. The molecule has 0 fully saturated rings. The normalized spacial score (nSPS) is 11.5. The lowest BCUT2D eigenvalue weighted by molar-refractivity contribution is 0.527. The molecule has 6 aromatic rings. The first kappa shape index (κ1) is 26.5. The van der Waals surface area contributed by atoms with Crippen LogP contribution >= 0.6 is 0 Å². The van der Waals surface area contributed by atoms with Crippen LogP contribution in [-0.2, 0) is 0 Å². The predicted molar refractivity (Wildman–Crippen MR) is 169 cm³/mol. The second kappa shape index (κ2) is 10.7. The molecule has 1 nitrogen and oxygen atoms in total. The van der Waals surface area contributed by atoms with Crippen molar-refractivity contribution in [3.8, 4) is 33.4 Å². The van der Waals surface area contributed by atoms with Crippen molar-refractivity contribution < 1.29 is 8.78 Å². The quantitative estimate of drug-likeness (QED) is 0.211. The van der Waals surface area contributed by atoms with Gasteiger partial charge in [-0.15, -0.1) is 0 Å². The molecule has 0 aliphatic heterocycles. The standard InChI is InChI=1S/C38H31F2N/c1-38(2,3)41(35-22-10-9-21-33(35)39)37-34(40)24-23-32(27-13-5-4-6-14-27)36(37)29-18-11-17-28(25-29)31-20-12-16-26-15-7-8-19-30(26)31/h4-25H,1-3H3. The fourth-order valence-corrected chi connectivity index (χ4v) is 5.70. The number of anilines is 2. The number of hydrogen-bond donors (Lipinski definition) is 0. The number of para-hydroxylation sites is 1. The molecule has 6 aromatic carbocycles. The van der Waals surface area contributed by atoms with Crippen LogP contribution in [0.5, 0.6) is 0 Å². The second-order valence-corrected chi connectivity index (χ2v) is 11.2. The summed E-state index contributed by atoms with van der Waals surface area (Å²) >= 11 is 0. The van der Waals surface area contributed by atoms with Crippen LogP contribution in [0.4, 0.5) is 20.2 Å². The van der Waals surface area contributed by atoms with Gasteiger partial charge >= 0.3 is 0 Å². The molecule has 0 heterocycles. The maximum Gasteiger partial charge on any atom is 0.147 e. The third kappa shape index (κ3) is 5.00. The summed E-state index contributed by atoms with van der Waals surface area (Å²) in [6.45, 7) is 5.93. The van der Waals surface area contributed by atoms with Crippen LogP contribution in [0.2, 0.25) is 0 Å². The zero-order chi connectivity index (χ0) is 28.6. The molecule has 3 heteroatoms. The summed E-state index contributed by atoms with van der Waals surface area (Å²) in [6.07, 6.45) is 0. The molecule has 0 aliphatic rings. The van der Waals surface area contributed by atoms with Crippen molar-refractivity contribution in [2.75, 3.05) is 4.90 Å². The highest BCUT2D eigenvalue weighted by Gasteiger charge is 2.32. The van der Waals surface area contributed by atoms with Crippen molar-refractivity contribution in [1.29, 1.82) is 0 Å². The monoisotopic (exact) mass is 539 g/mol. The molecule has 0 unspecified atom stereocenters. The molecule has 0 saturated carbocycles. The zero-order valence-corrected chi connectivity index (χ0v) is 23.4. The minimum atomic E-state index is -0.639. The minimum absolute atomic E-state index is 0.329. The Morgan fingerprint density at radius 1 is 0.512 bits per heavy atom. The van der Waals surface area contributed by atoms with E-state index in [0.29, 0.717) is 11.4 Å². The van der Waals surface area contributed by atoms with Gasteiger partial charge in [-0.25, -0.2) is 8.78 Å².